The number of nitro benzene ring substituents is 1. The van der Waals surface area contributed by atoms with Crippen molar-refractivity contribution < 1.29 is 14.1 Å². The van der Waals surface area contributed by atoms with Crippen LogP contribution >= 0.6 is 0 Å². The fraction of sp³-hybridized carbons (Fsp3) is 0. The Morgan fingerprint density at radius 1 is 1.05 bits per heavy atom. The molecule has 0 unspecified atom stereocenters. The summed E-state index contributed by atoms with van der Waals surface area (Å²) in [6, 6.07) is 11.7. The minimum absolute atomic E-state index is 0.252. The van der Waals surface area contributed by atoms with Crippen LogP contribution in [0.15, 0.2) is 48.5 Å². The van der Waals surface area contributed by atoms with Crippen LogP contribution in [0.4, 0.5) is 15.8 Å². The summed E-state index contributed by atoms with van der Waals surface area (Å²) < 4.78 is 13.9. The molecule has 0 spiro atoms. The van der Waals surface area contributed by atoms with Gasteiger partial charge in [-0.05, 0) is 12.1 Å². The molecular weight excluding hydrogens is 251 g/mol. The zero-order chi connectivity index (χ0) is 13.8. The van der Waals surface area contributed by atoms with Crippen LogP contribution in [-0.2, 0) is 0 Å². The number of benzene rings is 2. The van der Waals surface area contributed by atoms with Crippen molar-refractivity contribution >= 4 is 17.6 Å². The van der Waals surface area contributed by atoms with Crippen LogP contribution in [0.1, 0.15) is 5.56 Å². The van der Waals surface area contributed by atoms with E-state index in [0.717, 1.165) is 18.3 Å². The van der Waals surface area contributed by atoms with Crippen LogP contribution in [-0.4, -0.2) is 15.9 Å². The molecule has 0 aliphatic heterocycles. The second-order valence-corrected chi connectivity index (χ2v) is 3.76. The summed E-state index contributed by atoms with van der Waals surface area (Å²) >= 11 is 0. The van der Waals surface area contributed by atoms with Crippen molar-refractivity contribution in [3.8, 4) is 0 Å². The van der Waals surface area contributed by atoms with Gasteiger partial charge in [0.05, 0.1) is 4.92 Å². The van der Waals surface area contributed by atoms with Crippen LogP contribution in [0.25, 0.3) is 0 Å². The third-order valence-corrected chi connectivity index (χ3v) is 2.45. The highest BCUT2D eigenvalue weighted by molar-refractivity contribution is 5.77. The zero-order valence-electron chi connectivity index (χ0n) is 9.69. The maximum Gasteiger partial charge on any atom is 0.304 e. The average molecular weight is 260 g/mol. The molecule has 5 nitrogen and oxygen atoms in total. The van der Waals surface area contributed by atoms with Gasteiger partial charge in [0.15, 0.2) is 6.21 Å². The number of nitro groups is 1. The van der Waals surface area contributed by atoms with Crippen molar-refractivity contribution in [3.05, 3.63) is 75.2 Å². The summed E-state index contributed by atoms with van der Waals surface area (Å²) in [5, 5.41) is 22.2. The van der Waals surface area contributed by atoms with Crippen molar-refractivity contribution in [1.29, 1.82) is 0 Å². The van der Waals surface area contributed by atoms with E-state index in [4.69, 9.17) is 0 Å². The lowest BCUT2D eigenvalue weighted by Gasteiger charge is -2.02. The van der Waals surface area contributed by atoms with Crippen LogP contribution < -0.4 is 0 Å². The molecule has 0 amide bonds. The minimum Gasteiger partial charge on any atom is -0.618 e. The van der Waals surface area contributed by atoms with E-state index >= 15 is 0 Å². The zero-order valence-corrected chi connectivity index (χ0v) is 9.69. The van der Waals surface area contributed by atoms with Gasteiger partial charge in [0.25, 0.3) is 0 Å². The molecule has 0 aromatic heterocycles. The van der Waals surface area contributed by atoms with Gasteiger partial charge in [0.2, 0.25) is 11.5 Å². The van der Waals surface area contributed by atoms with Crippen LogP contribution in [0.5, 0.6) is 0 Å². The maximum absolute atomic E-state index is 13.4. The first-order valence-corrected chi connectivity index (χ1v) is 5.38. The van der Waals surface area contributed by atoms with Gasteiger partial charge >= 0.3 is 5.69 Å². The first-order valence-electron chi connectivity index (χ1n) is 5.38. The van der Waals surface area contributed by atoms with Crippen molar-refractivity contribution in [2.75, 3.05) is 0 Å². The van der Waals surface area contributed by atoms with Crippen molar-refractivity contribution in [1.82, 2.24) is 0 Å². The van der Waals surface area contributed by atoms with E-state index < -0.39 is 16.4 Å². The molecular formula is C13H9FN2O3. The number of hydrogen-bond donors (Lipinski definition) is 0. The summed E-state index contributed by atoms with van der Waals surface area (Å²) in [7, 11) is 0. The first-order chi connectivity index (χ1) is 9.08. The summed E-state index contributed by atoms with van der Waals surface area (Å²) in [6.07, 6.45) is 1.15. The maximum atomic E-state index is 13.4. The van der Waals surface area contributed by atoms with Gasteiger partial charge in [0, 0.05) is 23.8 Å². The van der Waals surface area contributed by atoms with Crippen molar-refractivity contribution in [3.63, 3.8) is 0 Å². The summed E-state index contributed by atoms with van der Waals surface area (Å²) in [6.45, 7) is 0. The topological polar surface area (TPSA) is 69.2 Å². The molecule has 0 saturated heterocycles. The highest BCUT2D eigenvalue weighted by Crippen LogP contribution is 2.17. The Bertz CT molecular complexity index is 642. The number of hydrogen-bond acceptors (Lipinski definition) is 3. The summed E-state index contributed by atoms with van der Waals surface area (Å²) in [5.74, 6) is -0.972. The molecule has 19 heavy (non-hydrogen) atoms. The van der Waals surface area contributed by atoms with Gasteiger partial charge in [0.1, 0.15) is 0 Å². The third-order valence-electron chi connectivity index (χ3n) is 2.45. The van der Waals surface area contributed by atoms with E-state index in [0.29, 0.717) is 10.4 Å². The van der Waals surface area contributed by atoms with E-state index in [9.17, 15) is 19.7 Å². The number of nitrogens with zero attached hydrogens (tertiary/aromatic N) is 2. The van der Waals surface area contributed by atoms with E-state index in [1.807, 2.05) is 0 Å². The molecule has 96 valence electrons. The Balaban J connectivity index is 2.34. The van der Waals surface area contributed by atoms with E-state index in [1.165, 1.54) is 6.07 Å². The van der Waals surface area contributed by atoms with Crippen LogP contribution in [0, 0.1) is 21.1 Å². The Morgan fingerprint density at radius 3 is 2.32 bits per heavy atom. The molecule has 0 saturated carbocycles. The van der Waals surface area contributed by atoms with Gasteiger partial charge in [-0.2, -0.15) is 9.13 Å². The van der Waals surface area contributed by atoms with Crippen LogP contribution in [0.3, 0.4) is 0 Å². The molecule has 0 atom stereocenters. The van der Waals surface area contributed by atoms with E-state index in [-0.39, 0.29) is 5.56 Å². The van der Waals surface area contributed by atoms with Gasteiger partial charge in [-0.15, -0.1) is 0 Å². The molecule has 2 aromatic carbocycles. The normalized spacial score (nSPS) is 11.3. The monoisotopic (exact) mass is 260 g/mol. The lowest BCUT2D eigenvalue weighted by atomic mass is 10.2. The molecule has 6 heteroatoms. The average Bonchev–Trinajstić information content (AvgIpc) is 2.39. The SMILES string of the molecule is O=[N+]([O-])c1ccc(/C=[N+](\[O-])c2ccccc2)cc1F. The molecule has 0 bridgehead atoms. The summed E-state index contributed by atoms with van der Waals surface area (Å²) in [5.41, 5.74) is 0.0255. The number of para-hydroxylation sites is 1. The lowest BCUT2D eigenvalue weighted by molar-refractivity contribution is -0.387. The highest BCUT2D eigenvalue weighted by atomic mass is 19.1. The van der Waals surface area contributed by atoms with E-state index in [2.05, 4.69) is 0 Å². The standard InChI is InChI=1S/C13H9FN2O3/c14-12-8-10(6-7-13(12)16(18)19)9-15(17)11-4-2-1-3-5-11/h1-9H/b15-9-. The minimum atomic E-state index is -0.972. The quantitative estimate of drug-likeness (QED) is 0.280. The molecule has 0 heterocycles. The lowest BCUT2D eigenvalue weighted by Crippen LogP contribution is -2.00. The summed E-state index contributed by atoms with van der Waals surface area (Å²) in [4.78, 5) is 9.65. The predicted molar refractivity (Wildman–Crippen MR) is 67.9 cm³/mol. The Morgan fingerprint density at radius 2 is 1.74 bits per heavy atom. The molecule has 0 aliphatic carbocycles. The second-order valence-electron chi connectivity index (χ2n) is 3.76. The van der Waals surface area contributed by atoms with Crippen molar-refractivity contribution in [2.24, 2.45) is 0 Å². The Hall–Kier alpha value is -2.76. The molecule has 2 aromatic rings. The fourth-order valence-electron chi connectivity index (χ4n) is 1.54. The molecule has 0 radical (unpaired) electrons. The smallest absolute Gasteiger partial charge is 0.304 e. The molecule has 0 aliphatic rings. The van der Waals surface area contributed by atoms with Gasteiger partial charge < -0.3 is 5.21 Å². The van der Waals surface area contributed by atoms with E-state index in [1.54, 1.807) is 30.3 Å². The van der Waals surface area contributed by atoms with Crippen LogP contribution in [0.2, 0.25) is 0 Å². The molecule has 2 rings (SSSR count). The Labute approximate surface area is 108 Å². The third kappa shape index (κ3) is 2.92. The van der Waals surface area contributed by atoms with Gasteiger partial charge in [-0.1, -0.05) is 18.2 Å². The predicted octanol–water partition coefficient (Wildman–Crippen LogP) is 2.99. The fourth-order valence-corrected chi connectivity index (χ4v) is 1.54. The molecule has 0 N–H and O–H groups in total. The largest absolute Gasteiger partial charge is 0.618 e. The second kappa shape index (κ2) is 5.26. The Kier molecular flexibility index (Phi) is 3.51. The number of halogens is 1. The number of rotatable bonds is 3. The van der Waals surface area contributed by atoms with Gasteiger partial charge in [-0.25, -0.2) is 0 Å². The first kappa shape index (κ1) is 12.7. The van der Waals surface area contributed by atoms with Crippen molar-refractivity contribution in [2.45, 2.75) is 0 Å². The highest BCUT2D eigenvalue weighted by Gasteiger charge is 2.14. The molecule has 0 fully saturated rings. The van der Waals surface area contributed by atoms with Gasteiger partial charge in [-0.3, -0.25) is 10.1 Å².